The molecule has 1 atom stereocenters. The molecule has 1 N–H and O–H groups in total. The number of rotatable bonds is 2. The number of ether oxygens (including phenoxy) is 1. The third kappa shape index (κ3) is 2.41. The van der Waals surface area contributed by atoms with Crippen LogP contribution in [0.2, 0.25) is 0 Å². The monoisotopic (exact) mass is 290 g/mol. The molecule has 0 aromatic carbocycles. The Labute approximate surface area is 100 Å². The summed E-state index contributed by atoms with van der Waals surface area (Å²) >= 11 is 4.61. The van der Waals surface area contributed by atoms with Gasteiger partial charge in [0.2, 0.25) is 0 Å². The standard InChI is InChI=1S/C10H11BrO3S/c11-8-4-7(9(15-8)10(12)13)6-2-1-3-14-5-6/h4,6H,1-3,5H2,(H,12,13). The molecule has 1 saturated heterocycles. The van der Waals surface area contributed by atoms with E-state index in [0.29, 0.717) is 11.5 Å². The van der Waals surface area contributed by atoms with E-state index in [2.05, 4.69) is 15.9 Å². The van der Waals surface area contributed by atoms with Crippen molar-refractivity contribution in [3.05, 3.63) is 20.3 Å². The lowest BCUT2D eigenvalue weighted by molar-refractivity contribution is 0.0687. The van der Waals surface area contributed by atoms with Gasteiger partial charge in [-0.3, -0.25) is 0 Å². The molecule has 1 aliphatic rings. The van der Waals surface area contributed by atoms with E-state index in [1.54, 1.807) is 0 Å². The molecule has 2 rings (SSSR count). The first-order chi connectivity index (χ1) is 7.18. The minimum atomic E-state index is -0.841. The first kappa shape index (κ1) is 11.1. The topological polar surface area (TPSA) is 46.5 Å². The van der Waals surface area contributed by atoms with Gasteiger partial charge < -0.3 is 9.84 Å². The second-order valence-corrected chi connectivity index (χ2v) is 5.99. The molecule has 0 amide bonds. The number of aromatic carboxylic acids is 1. The van der Waals surface area contributed by atoms with Crippen molar-refractivity contribution in [1.29, 1.82) is 0 Å². The number of carboxylic acid groups (broad SMARTS) is 1. The van der Waals surface area contributed by atoms with Crippen LogP contribution in [0.3, 0.4) is 0 Å². The Bertz CT molecular complexity index is 369. The van der Waals surface area contributed by atoms with Crippen molar-refractivity contribution >= 4 is 33.2 Å². The average Bonchev–Trinajstić information content (AvgIpc) is 2.62. The van der Waals surface area contributed by atoms with Crippen molar-refractivity contribution in [3.8, 4) is 0 Å². The summed E-state index contributed by atoms with van der Waals surface area (Å²) in [7, 11) is 0. The zero-order valence-electron chi connectivity index (χ0n) is 8.03. The van der Waals surface area contributed by atoms with Gasteiger partial charge in [0, 0.05) is 12.5 Å². The lowest BCUT2D eigenvalue weighted by atomic mass is 9.94. The summed E-state index contributed by atoms with van der Waals surface area (Å²) in [5, 5.41) is 9.06. The van der Waals surface area contributed by atoms with Crippen LogP contribution < -0.4 is 0 Å². The molecule has 1 fully saturated rings. The predicted octanol–water partition coefficient (Wildman–Crippen LogP) is 3.10. The quantitative estimate of drug-likeness (QED) is 0.910. The van der Waals surface area contributed by atoms with Gasteiger partial charge in [0.1, 0.15) is 4.88 Å². The molecule has 3 nitrogen and oxygen atoms in total. The van der Waals surface area contributed by atoms with Gasteiger partial charge in [-0.05, 0) is 40.4 Å². The lowest BCUT2D eigenvalue weighted by Crippen LogP contribution is -2.16. The fourth-order valence-electron chi connectivity index (χ4n) is 1.83. The summed E-state index contributed by atoms with van der Waals surface area (Å²) in [4.78, 5) is 11.5. The zero-order chi connectivity index (χ0) is 10.8. The summed E-state index contributed by atoms with van der Waals surface area (Å²) in [5.74, 6) is -0.598. The molecule has 0 radical (unpaired) electrons. The molecule has 0 bridgehead atoms. The minimum Gasteiger partial charge on any atom is -0.477 e. The summed E-state index contributed by atoms with van der Waals surface area (Å²) in [6.45, 7) is 1.44. The number of carbonyl (C=O) groups is 1. The molecule has 15 heavy (non-hydrogen) atoms. The van der Waals surface area contributed by atoms with Crippen molar-refractivity contribution in [3.63, 3.8) is 0 Å². The van der Waals surface area contributed by atoms with Gasteiger partial charge in [-0.25, -0.2) is 4.79 Å². The van der Waals surface area contributed by atoms with Gasteiger partial charge in [0.25, 0.3) is 0 Å². The van der Waals surface area contributed by atoms with Gasteiger partial charge in [-0.15, -0.1) is 11.3 Å². The number of carboxylic acids is 1. The van der Waals surface area contributed by atoms with Crippen LogP contribution in [-0.2, 0) is 4.74 Å². The van der Waals surface area contributed by atoms with Crippen LogP contribution in [0.1, 0.15) is 34.0 Å². The Hall–Kier alpha value is -0.390. The van der Waals surface area contributed by atoms with Crippen LogP contribution >= 0.6 is 27.3 Å². The van der Waals surface area contributed by atoms with E-state index in [1.165, 1.54) is 11.3 Å². The highest BCUT2D eigenvalue weighted by Gasteiger charge is 2.24. The highest BCUT2D eigenvalue weighted by atomic mass is 79.9. The molecule has 0 aliphatic carbocycles. The first-order valence-corrected chi connectivity index (χ1v) is 6.39. The predicted molar refractivity (Wildman–Crippen MR) is 61.8 cm³/mol. The SMILES string of the molecule is O=C(O)c1sc(Br)cc1C1CCCOC1. The second kappa shape index (κ2) is 4.63. The summed E-state index contributed by atoms with van der Waals surface area (Å²) in [6.07, 6.45) is 2.03. The maximum absolute atomic E-state index is 11.0. The summed E-state index contributed by atoms with van der Waals surface area (Å²) in [6, 6.07) is 1.91. The third-order valence-electron chi connectivity index (χ3n) is 2.53. The maximum Gasteiger partial charge on any atom is 0.346 e. The van der Waals surface area contributed by atoms with Gasteiger partial charge in [-0.1, -0.05) is 0 Å². The van der Waals surface area contributed by atoms with Crippen LogP contribution in [0.5, 0.6) is 0 Å². The lowest BCUT2D eigenvalue weighted by Gasteiger charge is -2.21. The highest BCUT2D eigenvalue weighted by Crippen LogP contribution is 2.35. The number of hydrogen-bond donors (Lipinski definition) is 1. The molecular formula is C10H11BrO3S. The van der Waals surface area contributed by atoms with Gasteiger partial charge in [-0.2, -0.15) is 0 Å². The second-order valence-electron chi connectivity index (χ2n) is 3.55. The van der Waals surface area contributed by atoms with E-state index in [0.717, 1.165) is 28.8 Å². The van der Waals surface area contributed by atoms with Crippen LogP contribution in [0.15, 0.2) is 9.85 Å². The van der Waals surface area contributed by atoms with Crippen LogP contribution in [0.4, 0.5) is 0 Å². The number of thiophene rings is 1. The fraction of sp³-hybridized carbons (Fsp3) is 0.500. The normalized spacial score (nSPS) is 21.5. The third-order valence-corrected chi connectivity index (χ3v) is 4.17. The maximum atomic E-state index is 11.0. The van der Waals surface area contributed by atoms with E-state index in [1.807, 2.05) is 6.07 Å². The molecule has 0 saturated carbocycles. The minimum absolute atomic E-state index is 0.243. The zero-order valence-corrected chi connectivity index (χ0v) is 10.4. The van der Waals surface area contributed by atoms with Crippen molar-refractivity contribution in [2.45, 2.75) is 18.8 Å². The number of halogens is 1. The molecule has 5 heteroatoms. The van der Waals surface area contributed by atoms with Gasteiger partial charge >= 0.3 is 5.97 Å². The average molecular weight is 291 g/mol. The van der Waals surface area contributed by atoms with E-state index in [4.69, 9.17) is 9.84 Å². The largest absolute Gasteiger partial charge is 0.477 e. The van der Waals surface area contributed by atoms with Crippen molar-refractivity contribution in [2.75, 3.05) is 13.2 Å². The molecule has 1 aromatic heterocycles. The molecule has 1 unspecified atom stereocenters. The molecule has 82 valence electrons. The van der Waals surface area contributed by atoms with Gasteiger partial charge in [0.15, 0.2) is 0 Å². The Morgan fingerprint density at radius 3 is 3.07 bits per heavy atom. The highest BCUT2D eigenvalue weighted by molar-refractivity contribution is 9.11. The Morgan fingerprint density at radius 2 is 2.47 bits per heavy atom. The molecule has 1 aliphatic heterocycles. The van der Waals surface area contributed by atoms with Crippen molar-refractivity contribution in [2.24, 2.45) is 0 Å². The summed E-state index contributed by atoms with van der Waals surface area (Å²) in [5.41, 5.74) is 0.916. The van der Waals surface area contributed by atoms with Crippen LogP contribution in [-0.4, -0.2) is 24.3 Å². The smallest absolute Gasteiger partial charge is 0.346 e. The first-order valence-electron chi connectivity index (χ1n) is 4.78. The molecular weight excluding hydrogens is 280 g/mol. The van der Waals surface area contributed by atoms with E-state index in [-0.39, 0.29) is 5.92 Å². The molecule has 2 heterocycles. The van der Waals surface area contributed by atoms with Crippen LogP contribution in [0, 0.1) is 0 Å². The Kier molecular flexibility index (Phi) is 3.43. The van der Waals surface area contributed by atoms with E-state index < -0.39 is 5.97 Å². The van der Waals surface area contributed by atoms with Gasteiger partial charge in [0.05, 0.1) is 10.4 Å². The van der Waals surface area contributed by atoms with E-state index in [9.17, 15) is 4.79 Å². The van der Waals surface area contributed by atoms with Crippen LogP contribution in [0.25, 0.3) is 0 Å². The number of hydrogen-bond acceptors (Lipinski definition) is 3. The molecule has 0 spiro atoms. The Morgan fingerprint density at radius 1 is 1.67 bits per heavy atom. The summed E-state index contributed by atoms with van der Waals surface area (Å²) < 4.78 is 6.25. The van der Waals surface area contributed by atoms with E-state index >= 15 is 0 Å². The van der Waals surface area contributed by atoms with Crippen molar-refractivity contribution in [1.82, 2.24) is 0 Å². The fourth-order valence-corrected chi connectivity index (χ4v) is 3.37. The van der Waals surface area contributed by atoms with Crippen molar-refractivity contribution < 1.29 is 14.6 Å². The molecule has 1 aromatic rings. The Balaban J connectivity index is 2.28.